The Morgan fingerprint density at radius 1 is 0.844 bits per heavy atom. The fraction of sp³-hybridized carbons (Fsp3) is 0.240. The summed E-state index contributed by atoms with van der Waals surface area (Å²) in [6.45, 7) is 1.76. The van der Waals surface area contributed by atoms with E-state index in [1.807, 2.05) is 48.5 Å². The minimum atomic E-state index is -0.0895. The molecule has 0 radical (unpaired) electrons. The summed E-state index contributed by atoms with van der Waals surface area (Å²) < 4.78 is 0. The second kappa shape index (κ2) is 12.2. The van der Waals surface area contributed by atoms with Crippen LogP contribution in [-0.2, 0) is 24.3 Å². The van der Waals surface area contributed by atoms with Crippen molar-refractivity contribution >= 4 is 27.5 Å². The average Bonchev–Trinajstić information content (AvgIpc) is 2.80. The predicted octanol–water partition coefficient (Wildman–Crippen LogP) is 3.92. The highest BCUT2D eigenvalue weighted by molar-refractivity contribution is 9.09. The number of hydrogen-bond acceptors (Lipinski definition) is 5. The Bertz CT molecular complexity index is 1010. The molecule has 0 aliphatic carbocycles. The second-order valence-electron chi connectivity index (χ2n) is 7.55. The van der Waals surface area contributed by atoms with Crippen LogP contribution in [-0.4, -0.2) is 34.0 Å². The standard InChI is InChI=1S/C25H28BrN3O3/c26-14-25(32)29-21-11-9-18(10-12-21)13-22(28-16-20-6-2-4-8-24(20)31)17-27-15-19-5-1-3-7-23(19)30/h1-12,22,27-28,30-31H,13-17H2,(H,29,32). The van der Waals surface area contributed by atoms with Crippen LogP contribution in [0.1, 0.15) is 16.7 Å². The summed E-state index contributed by atoms with van der Waals surface area (Å²) in [6.07, 6.45) is 0.758. The van der Waals surface area contributed by atoms with Crippen molar-refractivity contribution < 1.29 is 15.0 Å². The van der Waals surface area contributed by atoms with Crippen LogP contribution in [0.3, 0.4) is 0 Å². The molecule has 7 heteroatoms. The van der Waals surface area contributed by atoms with Gasteiger partial charge in [-0.15, -0.1) is 0 Å². The second-order valence-corrected chi connectivity index (χ2v) is 8.11. The predicted molar refractivity (Wildman–Crippen MR) is 131 cm³/mol. The van der Waals surface area contributed by atoms with Crippen molar-refractivity contribution in [3.63, 3.8) is 0 Å². The number of aromatic hydroxyl groups is 2. The molecule has 0 fully saturated rings. The van der Waals surface area contributed by atoms with Crippen LogP contribution < -0.4 is 16.0 Å². The lowest BCUT2D eigenvalue weighted by Gasteiger charge is -2.20. The van der Waals surface area contributed by atoms with Crippen LogP contribution >= 0.6 is 15.9 Å². The van der Waals surface area contributed by atoms with E-state index in [0.717, 1.165) is 28.8 Å². The lowest BCUT2D eigenvalue weighted by Crippen LogP contribution is -2.39. The topological polar surface area (TPSA) is 93.6 Å². The quantitative estimate of drug-likeness (QED) is 0.259. The van der Waals surface area contributed by atoms with Crippen LogP contribution in [0.2, 0.25) is 0 Å². The summed E-state index contributed by atoms with van der Waals surface area (Å²) in [4.78, 5) is 11.5. The Kier molecular flexibility index (Phi) is 9.10. The number of phenols is 2. The van der Waals surface area contributed by atoms with Gasteiger partial charge in [-0.25, -0.2) is 0 Å². The molecule has 0 heterocycles. The zero-order valence-electron chi connectivity index (χ0n) is 17.7. The van der Waals surface area contributed by atoms with Gasteiger partial charge in [0.2, 0.25) is 5.91 Å². The molecule has 0 spiro atoms. The maximum absolute atomic E-state index is 11.5. The third-order valence-electron chi connectivity index (χ3n) is 5.11. The zero-order chi connectivity index (χ0) is 22.8. The molecule has 0 aliphatic heterocycles. The van der Waals surface area contributed by atoms with Gasteiger partial charge in [-0.1, -0.05) is 64.5 Å². The molecular weight excluding hydrogens is 470 g/mol. The first-order valence-electron chi connectivity index (χ1n) is 10.5. The monoisotopic (exact) mass is 497 g/mol. The van der Waals surface area contributed by atoms with Crippen molar-refractivity contribution in [1.82, 2.24) is 10.6 Å². The Morgan fingerprint density at radius 3 is 2.03 bits per heavy atom. The van der Waals surface area contributed by atoms with Gasteiger partial charge in [0.15, 0.2) is 0 Å². The molecule has 1 atom stereocenters. The third-order valence-corrected chi connectivity index (χ3v) is 5.62. The van der Waals surface area contributed by atoms with Crippen molar-refractivity contribution in [2.45, 2.75) is 25.6 Å². The van der Waals surface area contributed by atoms with Gasteiger partial charge in [0.1, 0.15) is 11.5 Å². The summed E-state index contributed by atoms with van der Waals surface area (Å²) in [5.41, 5.74) is 3.57. The van der Waals surface area contributed by atoms with Crippen LogP contribution in [0.25, 0.3) is 0 Å². The molecule has 0 saturated carbocycles. The molecule has 32 heavy (non-hydrogen) atoms. The normalized spacial score (nSPS) is 11.8. The van der Waals surface area contributed by atoms with Crippen LogP contribution in [0.5, 0.6) is 11.5 Å². The summed E-state index contributed by atoms with van der Waals surface area (Å²) >= 11 is 3.15. The lowest BCUT2D eigenvalue weighted by atomic mass is 10.0. The highest BCUT2D eigenvalue weighted by atomic mass is 79.9. The van der Waals surface area contributed by atoms with Crippen molar-refractivity contribution in [3.05, 3.63) is 89.5 Å². The number of alkyl halides is 1. The molecule has 0 bridgehead atoms. The number of carbonyl (C=O) groups is 1. The molecule has 3 aromatic carbocycles. The van der Waals surface area contributed by atoms with E-state index in [1.54, 1.807) is 24.3 Å². The molecule has 1 unspecified atom stereocenters. The van der Waals surface area contributed by atoms with Crippen molar-refractivity contribution in [2.75, 3.05) is 17.2 Å². The number of halogens is 1. The van der Waals surface area contributed by atoms with Gasteiger partial charge >= 0.3 is 0 Å². The Hall–Kier alpha value is -2.87. The number of hydrogen-bond donors (Lipinski definition) is 5. The zero-order valence-corrected chi connectivity index (χ0v) is 19.3. The number of para-hydroxylation sites is 2. The SMILES string of the molecule is O=C(CBr)Nc1ccc(CC(CNCc2ccccc2O)NCc2ccccc2O)cc1. The summed E-state index contributed by atoms with van der Waals surface area (Å²) in [7, 11) is 0. The van der Waals surface area contributed by atoms with E-state index >= 15 is 0 Å². The van der Waals surface area contributed by atoms with Crippen molar-refractivity contribution in [2.24, 2.45) is 0 Å². The number of benzene rings is 3. The highest BCUT2D eigenvalue weighted by Crippen LogP contribution is 2.17. The maximum Gasteiger partial charge on any atom is 0.235 e. The molecule has 3 aromatic rings. The lowest BCUT2D eigenvalue weighted by molar-refractivity contribution is -0.113. The minimum Gasteiger partial charge on any atom is -0.508 e. The van der Waals surface area contributed by atoms with E-state index in [2.05, 4.69) is 31.9 Å². The Balaban J connectivity index is 1.63. The van der Waals surface area contributed by atoms with Gasteiger partial charge < -0.3 is 26.2 Å². The first-order chi connectivity index (χ1) is 15.5. The largest absolute Gasteiger partial charge is 0.508 e. The Labute approximate surface area is 196 Å². The van der Waals surface area contributed by atoms with E-state index in [1.165, 1.54) is 0 Å². The number of phenolic OH excluding ortho intramolecular Hbond substituents is 2. The molecule has 1 amide bonds. The first-order valence-corrected chi connectivity index (χ1v) is 11.6. The molecular formula is C25H28BrN3O3. The number of carbonyl (C=O) groups excluding carboxylic acids is 1. The van der Waals surface area contributed by atoms with Crippen LogP contribution in [0.15, 0.2) is 72.8 Å². The summed E-state index contributed by atoms with van der Waals surface area (Å²) in [5.74, 6) is 0.459. The fourth-order valence-corrected chi connectivity index (χ4v) is 3.52. The van der Waals surface area contributed by atoms with Gasteiger partial charge in [-0.05, 0) is 36.2 Å². The third kappa shape index (κ3) is 7.37. The summed E-state index contributed by atoms with van der Waals surface area (Å²) in [5, 5.41) is 30.1. The molecule has 0 aliphatic rings. The van der Waals surface area contributed by atoms with E-state index in [9.17, 15) is 15.0 Å². The van der Waals surface area contributed by atoms with E-state index in [-0.39, 0.29) is 28.8 Å². The first kappa shape index (κ1) is 23.8. The van der Waals surface area contributed by atoms with E-state index < -0.39 is 0 Å². The van der Waals surface area contributed by atoms with Gasteiger partial charge in [-0.2, -0.15) is 0 Å². The van der Waals surface area contributed by atoms with Crippen LogP contribution in [0, 0.1) is 0 Å². The van der Waals surface area contributed by atoms with Gasteiger partial charge in [0, 0.05) is 42.5 Å². The van der Waals surface area contributed by atoms with E-state index in [0.29, 0.717) is 19.6 Å². The molecule has 168 valence electrons. The Morgan fingerprint density at radius 2 is 1.44 bits per heavy atom. The molecule has 6 nitrogen and oxygen atoms in total. The summed E-state index contributed by atoms with van der Waals surface area (Å²) in [6, 6.07) is 22.5. The molecule has 0 aromatic heterocycles. The highest BCUT2D eigenvalue weighted by Gasteiger charge is 2.12. The maximum atomic E-state index is 11.5. The molecule has 0 saturated heterocycles. The smallest absolute Gasteiger partial charge is 0.235 e. The minimum absolute atomic E-state index is 0.0865. The number of anilines is 1. The van der Waals surface area contributed by atoms with Crippen molar-refractivity contribution in [3.8, 4) is 11.5 Å². The fourth-order valence-electron chi connectivity index (χ4n) is 3.38. The van der Waals surface area contributed by atoms with Crippen molar-refractivity contribution in [1.29, 1.82) is 0 Å². The van der Waals surface area contributed by atoms with Gasteiger partial charge in [0.25, 0.3) is 0 Å². The molecule has 3 rings (SSSR count). The average molecular weight is 498 g/mol. The number of amides is 1. The van der Waals surface area contributed by atoms with Gasteiger partial charge in [-0.3, -0.25) is 4.79 Å². The number of rotatable bonds is 11. The van der Waals surface area contributed by atoms with E-state index in [4.69, 9.17) is 0 Å². The van der Waals surface area contributed by atoms with Gasteiger partial charge in [0.05, 0.1) is 5.33 Å². The molecule has 5 N–H and O–H groups in total. The number of nitrogens with one attached hydrogen (secondary N) is 3. The van der Waals surface area contributed by atoms with Crippen LogP contribution in [0.4, 0.5) is 5.69 Å².